The van der Waals surface area contributed by atoms with Crippen molar-refractivity contribution in [1.29, 1.82) is 0 Å². The summed E-state index contributed by atoms with van der Waals surface area (Å²) < 4.78 is 0. The Kier molecular flexibility index (Phi) is 12.2. The van der Waals surface area contributed by atoms with Crippen molar-refractivity contribution in [3.63, 3.8) is 0 Å². The van der Waals surface area contributed by atoms with Gasteiger partial charge in [-0.3, -0.25) is 0 Å². The van der Waals surface area contributed by atoms with Gasteiger partial charge in [-0.1, -0.05) is 26.7 Å². The van der Waals surface area contributed by atoms with Crippen molar-refractivity contribution in [2.24, 2.45) is 5.92 Å². The van der Waals surface area contributed by atoms with E-state index in [0.29, 0.717) is 0 Å². The first-order valence-electron chi connectivity index (χ1n) is 4.55. The molecule has 0 amide bonds. The number of aliphatic hydroxyl groups excluding tert-OH is 2. The van der Waals surface area contributed by atoms with Gasteiger partial charge in [-0.05, 0) is 12.8 Å². The van der Waals surface area contributed by atoms with Gasteiger partial charge in [0.05, 0.1) is 6.10 Å². The Labute approximate surface area is 90.3 Å². The maximum Gasteiger partial charge on any atom is 0.0587 e. The second-order valence-corrected chi connectivity index (χ2v) is 3.06. The topological polar surface area (TPSA) is 40.5 Å². The molecule has 2 N–H and O–H groups in total. The molecular weight excluding hydrogens is 188 g/mol. The fourth-order valence-corrected chi connectivity index (χ4v) is 1.20. The summed E-state index contributed by atoms with van der Waals surface area (Å²) in [4.78, 5) is 0. The zero-order chi connectivity index (χ0) is 8.69. The van der Waals surface area contributed by atoms with Crippen molar-refractivity contribution >= 4 is 0 Å². The van der Waals surface area contributed by atoms with E-state index in [-0.39, 0.29) is 40.3 Å². The Morgan fingerprint density at radius 1 is 1.25 bits per heavy atom. The molecule has 0 aliphatic carbocycles. The van der Waals surface area contributed by atoms with Crippen molar-refractivity contribution in [2.75, 3.05) is 6.61 Å². The largest absolute Gasteiger partial charge is 0.396 e. The zero-order valence-corrected chi connectivity index (χ0v) is 9.65. The van der Waals surface area contributed by atoms with Crippen LogP contribution in [0.15, 0.2) is 0 Å². The van der Waals surface area contributed by atoms with Gasteiger partial charge in [0, 0.05) is 34.2 Å². The van der Waals surface area contributed by atoms with Crippen LogP contribution in [0.1, 0.15) is 39.5 Å². The van der Waals surface area contributed by atoms with E-state index >= 15 is 0 Å². The van der Waals surface area contributed by atoms with Crippen LogP contribution in [-0.4, -0.2) is 22.9 Å². The molecule has 0 aromatic heterocycles. The number of unbranched alkanes of at least 4 members (excludes halogenated alkanes) is 1. The van der Waals surface area contributed by atoms with Gasteiger partial charge < -0.3 is 10.2 Å². The molecule has 0 aromatic carbocycles. The molecule has 0 saturated carbocycles. The van der Waals surface area contributed by atoms with E-state index < -0.39 is 0 Å². The van der Waals surface area contributed by atoms with Crippen molar-refractivity contribution in [2.45, 2.75) is 45.6 Å². The molecule has 0 rings (SSSR count). The molecule has 2 nitrogen and oxygen atoms in total. The Hall–Kier alpha value is 0.634. The first-order valence-corrected chi connectivity index (χ1v) is 4.55. The maximum absolute atomic E-state index is 9.38. The summed E-state index contributed by atoms with van der Waals surface area (Å²) in [6, 6.07) is 0. The van der Waals surface area contributed by atoms with Crippen LogP contribution >= 0.6 is 0 Å². The van der Waals surface area contributed by atoms with Gasteiger partial charge in [0.2, 0.25) is 0 Å². The Balaban J connectivity index is 0. The number of aliphatic hydroxyl groups is 2. The van der Waals surface area contributed by atoms with E-state index in [0.717, 1.165) is 25.7 Å². The molecule has 0 aliphatic rings. The minimum atomic E-state index is -0.313. The first kappa shape index (κ1) is 15.1. The summed E-state index contributed by atoms with van der Waals surface area (Å²) in [5.74, 6) is 0.0972. The molecule has 3 heteroatoms. The van der Waals surface area contributed by atoms with Gasteiger partial charge >= 0.3 is 0 Å². The van der Waals surface area contributed by atoms with E-state index in [1.807, 2.05) is 6.92 Å². The van der Waals surface area contributed by atoms with E-state index in [1.54, 1.807) is 0 Å². The SMILES string of the molecule is CCCCC(CO)C(O)CC.[Ti]. The van der Waals surface area contributed by atoms with Crippen molar-refractivity contribution in [1.82, 2.24) is 0 Å². The minimum absolute atomic E-state index is 0. The van der Waals surface area contributed by atoms with Gasteiger partial charge in [-0.25, -0.2) is 0 Å². The Morgan fingerprint density at radius 2 is 1.83 bits per heavy atom. The number of rotatable bonds is 6. The van der Waals surface area contributed by atoms with E-state index in [1.165, 1.54) is 0 Å². The summed E-state index contributed by atoms with van der Waals surface area (Å²) in [6.07, 6.45) is 3.61. The van der Waals surface area contributed by atoms with Gasteiger partial charge in [0.15, 0.2) is 0 Å². The average molecular weight is 208 g/mol. The second-order valence-electron chi connectivity index (χ2n) is 3.06. The third kappa shape index (κ3) is 6.18. The predicted molar refractivity (Wildman–Crippen MR) is 46.4 cm³/mol. The third-order valence-corrected chi connectivity index (χ3v) is 2.13. The van der Waals surface area contributed by atoms with Gasteiger partial charge in [0.1, 0.15) is 0 Å². The quantitative estimate of drug-likeness (QED) is 0.650. The molecule has 0 radical (unpaired) electrons. The molecular formula is C9H20O2Ti. The van der Waals surface area contributed by atoms with Crippen LogP contribution in [-0.2, 0) is 21.7 Å². The normalized spacial score (nSPS) is 15.0. The summed E-state index contributed by atoms with van der Waals surface area (Å²) >= 11 is 0. The smallest absolute Gasteiger partial charge is 0.0587 e. The van der Waals surface area contributed by atoms with E-state index in [2.05, 4.69) is 6.92 Å². The summed E-state index contributed by atoms with van der Waals surface area (Å²) in [6.45, 7) is 4.18. The van der Waals surface area contributed by atoms with E-state index in [9.17, 15) is 5.11 Å². The minimum Gasteiger partial charge on any atom is -0.396 e. The molecule has 0 heterocycles. The fraction of sp³-hybridized carbons (Fsp3) is 1.00. The molecule has 0 saturated heterocycles. The van der Waals surface area contributed by atoms with Gasteiger partial charge in [-0.2, -0.15) is 0 Å². The maximum atomic E-state index is 9.38. The molecule has 2 unspecified atom stereocenters. The van der Waals surface area contributed by atoms with E-state index in [4.69, 9.17) is 5.11 Å². The Morgan fingerprint density at radius 3 is 2.17 bits per heavy atom. The molecule has 72 valence electrons. The van der Waals surface area contributed by atoms with Crippen LogP contribution < -0.4 is 0 Å². The zero-order valence-electron chi connectivity index (χ0n) is 8.08. The van der Waals surface area contributed by atoms with Crippen LogP contribution in [0, 0.1) is 5.92 Å². The monoisotopic (exact) mass is 208 g/mol. The summed E-state index contributed by atoms with van der Waals surface area (Å²) in [5, 5.41) is 18.3. The molecule has 0 aliphatic heterocycles. The van der Waals surface area contributed by atoms with Crippen LogP contribution in [0.5, 0.6) is 0 Å². The number of hydrogen-bond donors (Lipinski definition) is 2. The molecule has 0 spiro atoms. The fourth-order valence-electron chi connectivity index (χ4n) is 1.20. The second kappa shape index (κ2) is 9.72. The molecule has 12 heavy (non-hydrogen) atoms. The van der Waals surface area contributed by atoms with Crippen molar-refractivity contribution in [3.8, 4) is 0 Å². The standard InChI is InChI=1S/C9H20O2.Ti/c1-3-5-6-8(7-10)9(11)4-2;/h8-11H,3-7H2,1-2H3;. The summed E-state index contributed by atoms with van der Waals surface area (Å²) in [7, 11) is 0. The van der Waals surface area contributed by atoms with Gasteiger partial charge in [0.25, 0.3) is 0 Å². The predicted octanol–water partition coefficient (Wildman–Crippen LogP) is 1.55. The molecule has 0 aromatic rings. The molecule has 2 atom stereocenters. The first-order chi connectivity index (χ1) is 5.26. The third-order valence-electron chi connectivity index (χ3n) is 2.13. The van der Waals surface area contributed by atoms with Crippen LogP contribution in [0.2, 0.25) is 0 Å². The van der Waals surface area contributed by atoms with Crippen LogP contribution in [0.25, 0.3) is 0 Å². The van der Waals surface area contributed by atoms with Crippen molar-refractivity contribution in [3.05, 3.63) is 0 Å². The van der Waals surface area contributed by atoms with Crippen LogP contribution in [0.4, 0.5) is 0 Å². The van der Waals surface area contributed by atoms with Crippen molar-refractivity contribution < 1.29 is 31.9 Å². The molecule has 0 fully saturated rings. The average Bonchev–Trinajstić information content (AvgIpc) is 2.05. The molecule has 0 bridgehead atoms. The summed E-state index contributed by atoms with van der Waals surface area (Å²) in [5.41, 5.74) is 0. The number of hydrogen-bond acceptors (Lipinski definition) is 2. The Bertz CT molecular complexity index is 88.6. The van der Waals surface area contributed by atoms with Gasteiger partial charge in [-0.15, -0.1) is 0 Å². The van der Waals surface area contributed by atoms with Crippen LogP contribution in [0.3, 0.4) is 0 Å².